The van der Waals surface area contributed by atoms with Gasteiger partial charge >= 0.3 is 0 Å². The molecule has 5 nitrogen and oxygen atoms in total. The molecule has 0 atom stereocenters. The Balaban J connectivity index is 2.20. The number of rotatable bonds is 8. The number of anilines is 1. The van der Waals surface area contributed by atoms with E-state index in [1.165, 1.54) is 0 Å². The Morgan fingerprint density at radius 1 is 1.45 bits per heavy atom. The van der Waals surface area contributed by atoms with Crippen LogP contribution in [-0.2, 0) is 9.53 Å². The lowest BCUT2D eigenvalue weighted by molar-refractivity contribution is -0.126. The lowest BCUT2D eigenvalue weighted by Crippen LogP contribution is -2.35. The van der Waals surface area contributed by atoms with Crippen molar-refractivity contribution >= 4 is 11.7 Å². The number of ether oxygens (including phenoxy) is 1. The summed E-state index contributed by atoms with van der Waals surface area (Å²) in [4.78, 5) is 18.1. The smallest absolute Gasteiger partial charge is 0.222 e. The van der Waals surface area contributed by atoms with Gasteiger partial charge in [0.15, 0.2) is 0 Å². The van der Waals surface area contributed by atoms with Crippen molar-refractivity contribution in [1.29, 1.82) is 0 Å². The Bertz CT molecular complexity index is 407. The molecule has 20 heavy (non-hydrogen) atoms. The monoisotopic (exact) mass is 279 g/mol. The number of hydrogen-bond acceptors (Lipinski definition) is 4. The second kappa shape index (κ2) is 7.85. The van der Waals surface area contributed by atoms with Gasteiger partial charge in [0.2, 0.25) is 5.91 Å². The van der Waals surface area contributed by atoms with Crippen LogP contribution in [0.25, 0.3) is 0 Å². The van der Waals surface area contributed by atoms with E-state index in [-0.39, 0.29) is 5.91 Å². The molecule has 1 aromatic rings. The Hall–Kier alpha value is -1.62. The van der Waals surface area contributed by atoms with Gasteiger partial charge in [-0.3, -0.25) is 4.79 Å². The molecule has 1 heterocycles. The second-order valence-corrected chi connectivity index (χ2v) is 5.45. The van der Waals surface area contributed by atoms with Crippen LogP contribution in [0.15, 0.2) is 24.4 Å². The lowest BCUT2D eigenvalue weighted by Gasteiger charge is -2.22. The summed E-state index contributed by atoms with van der Waals surface area (Å²) in [7, 11) is 3.62. The minimum absolute atomic E-state index is 0.0253. The van der Waals surface area contributed by atoms with E-state index in [0.29, 0.717) is 13.0 Å². The van der Waals surface area contributed by atoms with Gasteiger partial charge in [0.1, 0.15) is 5.82 Å². The van der Waals surface area contributed by atoms with Crippen LogP contribution in [0, 0.1) is 0 Å². The molecule has 0 saturated carbocycles. The highest BCUT2D eigenvalue weighted by molar-refractivity contribution is 5.76. The number of aromatic nitrogens is 1. The SMILES string of the molecule is COC(C)(C)CC(=O)NCCCN(C)c1ccccn1. The predicted molar refractivity (Wildman–Crippen MR) is 80.8 cm³/mol. The van der Waals surface area contributed by atoms with Crippen LogP contribution >= 0.6 is 0 Å². The first-order chi connectivity index (χ1) is 9.44. The number of nitrogens with zero attached hydrogens (tertiary/aromatic N) is 2. The van der Waals surface area contributed by atoms with Crippen molar-refractivity contribution in [2.45, 2.75) is 32.3 Å². The van der Waals surface area contributed by atoms with Gasteiger partial charge in [0.05, 0.1) is 12.0 Å². The number of pyridine rings is 1. The summed E-state index contributed by atoms with van der Waals surface area (Å²) in [6, 6.07) is 5.84. The van der Waals surface area contributed by atoms with Gasteiger partial charge in [-0.25, -0.2) is 4.98 Å². The van der Waals surface area contributed by atoms with Crippen LogP contribution in [0.3, 0.4) is 0 Å². The molecular weight excluding hydrogens is 254 g/mol. The molecule has 1 N–H and O–H groups in total. The molecule has 0 aliphatic heterocycles. The highest BCUT2D eigenvalue weighted by atomic mass is 16.5. The van der Waals surface area contributed by atoms with Crippen molar-refractivity contribution in [1.82, 2.24) is 10.3 Å². The fraction of sp³-hybridized carbons (Fsp3) is 0.600. The average molecular weight is 279 g/mol. The molecule has 0 spiro atoms. The first-order valence-corrected chi connectivity index (χ1v) is 6.88. The third kappa shape index (κ3) is 6.02. The Morgan fingerprint density at radius 2 is 2.20 bits per heavy atom. The van der Waals surface area contributed by atoms with Crippen molar-refractivity contribution < 1.29 is 9.53 Å². The number of hydrogen-bond donors (Lipinski definition) is 1. The molecule has 1 amide bonds. The topological polar surface area (TPSA) is 54.5 Å². The third-order valence-corrected chi connectivity index (χ3v) is 3.17. The van der Waals surface area contributed by atoms with Crippen LogP contribution < -0.4 is 10.2 Å². The van der Waals surface area contributed by atoms with Crippen molar-refractivity contribution in [3.8, 4) is 0 Å². The van der Waals surface area contributed by atoms with Crippen LogP contribution in [0.1, 0.15) is 26.7 Å². The number of methoxy groups -OCH3 is 1. The first kappa shape index (κ1) is 16.4. The van der Waals surface area contributed by atoms with Crippen LogP contribution in [0.5, 0.6) is 0 Å². The molecule has 0 unspecified atom stereocenters. The van der Waals surface area contributed by atoms with E-state index in [1.54, 1.807) is 13.3 Å². The van der Waals surface area contributed by atoms with Gasteiger partial charge < -0.3 is 15.0 Å². The van der Waals surface area contributed by atoms with E-state index in [0.717, 1.165) is 18.8 Å². The predicted octanol–water partition coefficient (Wildman–Crippen LogP) is 1.84. The summed E-state index contributed by atoms with van der Waals surface area (Å²) in [6.07, 6.45) is 3.03. The molecule has 0 aromatic carbocycles. The number of carbonyl (C=O) groups excluding carboxylic acids is 1. The molecule has 0 saturated heterocycles. The molecule has 1 aromatic heterocycles. The highest BCUT2D eigenvalue weighted by Crippen LogP contribution is 2.12. The van der Waals surface area contributed by atoms with E-state index >= 15 is 0 Å². The second-order valence-electron chi connectivity index (χ2n) is 5.45. The normalized spacial score (nSPS) is 11.2. The molecule has 0 aliphatic rings. The summed E-state index contributed by atoms with van der Waals surface area (Å²) in [5.41, 5.74) is -0.408. The zero-order valence-electron chi connectivity index (χ0n) is 12.8. The van der Waals surface area contributed by atoms with Gasteiger partial charge in [-0.2, -0.15) is 0 Å². The average Bonchev–Trinajstić information content (AvgIpc) is 2.44. The highest BCUT2D eigenvalue weighted by Gasteiger charge is 2.20. The minimum atomic E-state index is -0.408. The van der Waals surface area contributed by atoms with Crippen molar-refractivity contribution in [3.63, 3.8) is 0 Å². The van der Waals surface area contributed by atoms with Crippen molar-refractivity contribution in [3.05, 3.63) is 24.4 Å². The standard InChI is InChI=1S/C15H25N3O2/c1-15(2,20-4)12-14(19)17-10-7-11-18(3)13-8-5-6-9-16-13/h5-6,8-9H,7,10-12H2,1-4H3,(H,17,19). The van der Waals surface area contributed by atoms with Gasteiger partial charge in [-0.1, -0.05) is 6.07 Å². The molecule has 5 heteroatoms. The number of amides is 1. The summed E-state index contributed by atoms with van der Waals surface area (Å²) in [5, 5.41) is 2.91. The van der Waals surface area contributed by atoms with Crippen molar-refractivity contribution in [2.75, 3.05) is 32.1 Å². The maximum atomic E-state index is 11.7. The third-order valence-electron chi connectivity index (χ3n) is 3.17. The van der Waals surface area contributed by atoms with Gasteiger partial charge in [0, 0.05) is 33.4 Å². The van der Waals surface area contributed by atoms with E-state index in [9.17, 15) is 4.79 Å². The fourth-order valence-corrected chi connectivity index (χ4v) is 1.76. The van der Waals surface area contributed by atoms with Crippen LogP contribution in [0.2, 0.25) is 0 Å². The van der Waals surface area contributed by atoms with E-state index in [2.05, 4.69) is 15.2 Å². The lowest BCUT2D eigenvalue weighted by atomic mass is 10.1. The first-order valence-electron chi connectivity index (χ1n) is 6.88. The summed E-state index contributed by atoms with van der Waals surface area (Å²) < 4.78 is 5.23. The van der Waals surface area contributed by atoms with Crippen LogP contribution in [0.4, 0.5) is 5.82 Å². The van der Waals surface area contributed by atoms with E-state index in [4.69, 9.17) is 4.74 Å². The van der Waals surface area contributed by atoms with Crippen LogP contribution in [-0.4, -0.2) is 43.7 Å². The molecule has 0 bridgehead atoms. The summed E-state index contributed by atoms with van der Waals surface area (Å²) in [5.74, 6) is 0.969. The molecule has 0 aliphatic carbocycles. The summed E-state index contributed by atoms with van der Waals surface area (Å²) in [6.45, 7) is 5.32. The van der Waals surface area contributed by atoms with E-state index in [1.807, 2.05) is 39.1 Å². The molecular formula is C15H25N3O2. The quantitative estimate of drug-likeness (QED) is 0.738. The minimum Gasteiger partial charge on any atom is -0.378 e. The maximum Gasteiger partial charge on any atom is 0.222 e. The van der Waals surface area contributed by atoms with Gasteiger partial charge in [-0.15, -0.1) is 0 Å². The zero-order valence-corrected chi connectivity index (χ0v) is 12.8. The number of carbonyl (C=O) groups is 1. The molecule has 0 fully saturated rings. The van der Waals surface area contributed by atoms with Crippen molar-refractivity contribution in [2.24, 2.45) is 0 Å². The Morgan fingerprint density at radius 3 is 2.80 bits per heavy atom. The molecule has 1 rings (SSSR count). The Kier molecular flexibility index (Phi) is 6.45. The van der Waals surface area contributed by atoms with Gasteiger partial charge in [0.25, 0.3) is 0 Å². The maximum absolute atomic E-state index is 11.7. The largest absolute Gasteiger partial charge is 0.378 e. The summed E-state index contributed by atoms with van der Waals surface area (Å²) >= 11 is 0. The zero-order chi connectivity index (χ0) is 15.0. The van der Waals surface area contributed by atoms with Gasteiger partial charge in [-0.05, 0) is 32.4 Å². The fourth-order valence-electron chi connectivity index (χ4n) is 1.76. The number of nitrogens with one attached hydrogen (secondary N) is 1. The van der Waals surface area contributed by atoms with E-state index < -0.39 is 5.60 Å². The molecule has 112 valence electrons. The molecule has 0 radical (unpaired) electrons. The Labute approximate surface area is 121 Å².